The number of alkyl halides is 2. The molecular formula is C22H28F2N2O2S. The summed E-state index contributed by atoms with van der Waals surface area (Å²) in [6, 6.07) is 7.50. The number of aliphatic hydroxyl groups is 1. The predicted octanol–water partition coefficient (Wildman–Crippen LogP) is 5.09. The second-order valence-electron chi connectivity index (χ2n) is 7.72. The molecule has 2 aromatic rings. The van der Waals surface area contributed by atoms with Gasteiger partial charge in [-0.05, 0) is 49.3 Å². The minimum Gasteiger partial charge on any atom is -0.382 e. The van der Waals surface area contributed by atoms with Crippen LogP contribution in [0, 0.1) is 6.92 Å². The van der Waals surface area contributed by atoms with Crippen molar-refractivity contribution in [2.24, 2.45) is 7.05 Å². The van der Waals surface area contributed by atoms with Gasteiger partial charge in [-0.15, -0.1) is 11.8 Å². The molecule has 2 N–H and O–H groups in total. The van der Waals surface area contributed by atoms with Crippen molar-refractivity contribution < 1.29 is 13.9 Å². The molecule has 1 heterocycles. The summed E-state index contributed by atoms with van der Waals surface area (Å²) in [7, 11) is 1.71. The number of aliphatic hydroxyl groups excluding tert-OH is 1. The molecule has 4 nitrogen and oxygen atoms in total. The highest BCUT2D eigenvalue weighted by Gasteiger charge is 2.35. The lowest BCUT2D eigenvalue weighted by atomic mass is 9.91. The molecule has 1 atom stereocenters. The van der Waals surface area contributed by atoms with E-state index in [0.717, 1.165) is 28.1 Å². The van der Waals surface area contributed by atoms with Crippen molar-refractivity contribution in [2.75, 3.05) is 11.1 Å². The molecule has 29 heavy (non-hydrogen) atoms. The first kappa shape index (κ1) is 21.8. The fourth-order valence-electron chi connectivity index (χ4n) is 3.76. The maximum atomic E-state index is 13.5. The zero-order valence-corrected chi connectivity index (χ0v) is 17.9. The molecule has 0 radical (unpaired) electrons. The average molecular weight is 423 g/mol. The van der Waals surface area contributed by atoms with Crippen LogP contribution in [0.2, 0.25) is 0 Å². The van der Waals surface area contributed by atoms with Gasteiger partial charge in [0.15, 0.2) is 0 Å². The summed E-state index contributed by atoms with van der Waals surface area (Å²) < 4.78 is 28.6. The van der Waals surface area contributed by atoms with Gasteiger partial charge in [0.25, 0.3) is 5.56 Å². The number of aromatic nitrogens is 1. The molecular weight excluding hydrogens is 394 g/mol. The highest BCUT2D eigenvalue weighted by atomic mass is 32.2. The quantitative estimate of drug-likeness (QED) is 0.637. The molecule has 0 amide bonds. The number of halogens is 2. The zero-order valence-electron chi connectivity index (χ0n) is 17.0. The molecule has 0 aliphatic heterocycles. The van der Waals surface area contributed by atoms with Crippen molar-refractivity contribution in [1.29, 1.82) is 0 Å². The number of thioether (sulfide) groups is 1. The third-order valence-electron chi connectivity index (χ3n) is 5.40. The lowest BCUT2D eigenvalue weighted by Gasteiger charge is -2.30. The van der Waals surface area contributed by atoms with Gasteiger partial charge in [-0.2, -0.15) is 0 Å². The number of rotatable bonds is 6. The number of aryl methyl sites for hydroxylation is 2. The van der Waals surface area contributed by atoms with Gasteiger partial charge >= 0.3 is 0 Å². The Kier molecular flexibility index (Phi) is 6.69. The smallest absolute Gasteiger partial charge is 0.253 e. The Hall–Kier alpha value is -1.86. The number of anilines is 1. The Morgan fingerprint density at radius 2 is 2.00 bits per heavy atom. The van der Waals surface area contributed by atoms with Crippen LogP contribution in [0.15, 0.2) is 35.3 Å². The van der Waals surface area contributed by atoms with Crippen molar-refractivity contribution in [3.63, 3.8) is 0 Å². The Labute approximate surface area is 174 Å². The first-order chi connectivity index (χ1) is 13.7. The molecule has 1 aromatic carbocycles. The second-order valence-corrected chi connectivity index (χ2v) is 9.07. The van der Waals surface area contributed by atoms with Gasteiger partial charge in [-0.25, -0.2) is 8.78 Å². The van der Waals surface area contributed by atoms with E-state index in [1.165, 1.54) is 11.8 Å². The molecule has 1 unspecified atom stereocenters. The maximum absolute atomic E-state index is 13.5. The van der Waals surface area contributed by atoms with Gasteiger partial charge in [-0.1, -0.05) is 13.0 Å². The van der Waals surface area contributed by atoms with Crippen LogP contribution in [0.3, 0.4) is 0 Å². The molecule has 1 aromatic heterocycles. The van der Waals surface area contributed by atoms with Crippen molar-refractivity contribution in [2.45, 2.75) is 56.9 Å². The summed E-state index contributed by atoms with van der Waals surface area (Å²) in [4.78, 5) is 12.1. The first-order valence-electron chi connectivity index (χ1n) is 9.96. The van der Waals surface area contributed by atoms with Crippen LogP contribution in [0.4, 0.5) is 14.5 Å². The van der Waals surface area contributed by atoms with Crippen molar-refractivity contribution >= 4 is 17.4 Å². The van der Waals surface area contributed by atoms with Gasteiger partial charge in [0.05, 0.1) is 0 Å². The molecule has 0 saturated heterocycles. The topological polar surface area (TPSA) is 54.3 Å². The summed E-state index contributed by atoms with van der Waals surface area (Å²) >= 11 is 1.43. The van der Waals surface area contributed by atoms with Gasteiger partial charge in [0.1, 0.15) is 5.44 Å². The normalized spacial score (nSPS) is 17.9. The molecule has 0 bridgehead atoms. The summed E-state index contributed by atoms with van der Waals surface area (Å²) in [5.41, 5.74) is 3.24. The lowest BCUT2D eigenvalue weighted by Crippen LogP contribution is -2.32. The maximum Gasteiger partial charge on any atom is 0.253 e. The van der Waals surface area contributed by atoms with Crippen LogP contribution in [0.5, 0.6) is 0 Å². The number of hydrogen-bond donors (Lipinski definition) is 2. The third kappa shape index (κ3) is 5.20. The number of pyridine rings is 1. The van der Waals surface area contributed by atoms with E-state index in [4.69, 9.17) is 0 Å². The van der Waals surface area contributed by atoms with Crippen LogP contribution in [0.1, 0.15) is 49.2 Å². The van der Waals surface area contributed by atoms with Crippen LogP contribution in [0.25, 0.3) is 11.1 Å². The van der Waals surface area contributed by atoms with E-state index >= 15 is 0 Å². The van der Waals surface area contributed by atoms with E-state index in [0.29, 0.717) is 18.4 Å². The molecule has 1 aliphatic carbocycles. The summed E-state index contributed by atoms with van der Waals surface area (Å²) in [6.07, 6.45) is 2.38. The Balaban J connectivity index is 1.98. The molecule has 0 spiro atoms. The molecule has 158 valence electrons. The van der Waals surface area contributed by atoms with Crippen LogP contribution >= 0.6 is 11.8 Å². The predicted molar refractivity (Wildman–Crippen MR) is 116 cm³/mol. The minimum atomic E-state index is -2.57. The largest absolute Gasteiger partial charge is 0.382 e. The van der Waals surface area contributed by atoms with E-state index in [9.17, 15) is 18.7 Å². The summed E-state index contributed by atoms with van der Waals surface area (Å²) in [5, 5.41) is 13.8. The minimum absolute atomic E-state index is 0.0252. The van der Waals surface area contributed by atoms with Crippen molar-refractivity contribution in [1.82, 2.24) is 4.57 Å². The first-order valence-corrected chi connectivity index (χ1v) is 11.0. The zero-order chi connectivity index (χ0) is 21.2. The fraction of sp³-hybridized carbons (Fsp3) is 0.500. The van der Waals surface area contributed by atoms with E-state index in [2.05, 4.69) is 5.32 Å². The van der Waals surface area contributed by atoms with Crippen LogP contribution < -0.4 is 10.9 Å². The fourth-order valence-corrected chi connectivity index (χ4v) is 4.42. The highest BCUT2D eigenvalue weighted by molar-refractivity contribution is 7.99. The second kappa shape index (κ2) is 8.88. The van der Waals surface area contributed by atoms with E-state index < -0.39 is 11.4 Å². The molecule has 1 saturated carbocycles. The Morgan fingerprint density at radius 1 is 1.31 bits per heavy atom. The van der Waals surface area contributed by atoms with Gasteiger partial charge in [-0.3, -0.25) is 4.79 Å². The highest BCUT2D eigenvalue weighted by Crippen LogP contribution is 2.38. The summed E-state index contributed by atoms with van der Waals surface area (Å²) in [5.74, 6) is -1.78. The Morgan fingerprint density at radius 3 is 2.62 bits per heavy atom. The molecule has 1 fully saturated rings. The van der Waals surface area contributed by atoms with Crippen LogP contribution in [-0.4, -0.2) is 27.4 Å². The van der Waals surface area contributed by atoms with Gasteiger partial charge < -0.3 is 15.0 Å². The van der Waals surface area contributed by atoms with Gasteiger partial charge in [0, 0.05) is 54.5 Å². The molecule has 7 heteroatoms. The number of nitrogens with one attached hydrogen (secondary N) is 1. The van der Waals surface area contributed by atoms with Gasteiger partial charge in [0.2, 0.25) is 5.92 Å². The summed E-state index contributed by atoms with van der Waals surface area (Å²) in [6.45, 7) is 3.76. The van der Waals surface area contributed by atoms with Crippen molar-refractivity contribution in [3.8, 4) is 11.1 Å². The molecule has 3 rings (SSSR count). The molecule has 1 aliphatic rings. The number of benzene rings is 1. The van der Waals surface area contributed by atoms with E-state index in [1.807, 2.05) is 31.2 Å². The van der Waals surface area contributed by atoms with E-state index in [-0.39, 0.29) is 24.4 Å². The Bertz CT molecular complexity index is 893. The van der Waals surface area contributed by atoms with Crippen LogP contribution in [-0.2, 0) is 7.05 Å². The number of hydrogen-bond acceptors (Lipinski definition) is 4. The third-order valence-corrected chi connectivity index (χ3v) is 6.32. The average Bonchev–Trinajstić information content (AvgIpc) is 2.67. The standard InChI is InChI=1S/C22H28F2N2O2S/c1-4-29-21(28)15-5-6-19(25-17-7-9-22(23,24)10-8-17)18(12-15)16-11-14(2)20(27)26(3)13-16/h5-6,11-13,17,21,25,28H,4,7-10H2,1-3H3. The monoisotopic (exact) mass is 422 g/mol. The number of nitrogens with zero attached hydrogens (tertiary/aromatic N) is 1. The SMILES string of the molecule is CCSC(O)c1ccc(NC2CCC(F)(F)CC2)c(-c2cc(C)c(=O)n(C)c2)c1. The van der Waals surface area contributed by atoms with E-state index in [1.54, 1.807) is 24.7 Å². The van der Waals surface area contributed by atoms with Crippen molar-refractivity contribution in [3.05, 3.63) is 51.9 Å². The lowest BCUT2D eigenvalue weighted by molar-refractivity contribution is -0.0360.